The zero-order valence-electron chi connectivity index (χ0n) is 13.4. The van der Waals surface area contributed by atoms with Gasteiger partial charge in [-0.2, -0.15) is 0 Å². The van der Waals surface area contributed by atoms with Gasteiger partial charge >= 0.3 is 0 Å². The van der Waals surface area contributed by atoms with Crippen molar-refractivity contribution in [2.75, 3.05) is 26.8 Å². The molecule has 1 aromatic rings. The summed E-state index contributed by atoms with van der Waals surface area (Å²) in [5, 5.41) is 0. The number of carbonyl (C=O) groups excluding carboxylic acids is 1. The van der Waals surface area contributed by atoms with Gasteiger partial charge in [-0.15, -0.1) is 0 Å². The molecule has 1 rings (SSSR count). The zero-order chi connectivity index (χ0) is 15.8. The number of ether oxygens (including phenoxy) is 2. The third kappa shape index (κ3) is 4.63. The average molecular weight is 294 g/mol. The van der Waals surface area contributed by atoms with E-state index in [-0.39, 0.29) is 11.9 Å². The quantitative estimate of drug-likeness (QED) is 0.799. The molecule has 5 heteroatoms. The predicted octanol–water partition coefficient (Wildman–Crippen LogP) is 2.29. The number of likely N-dealkylation sites (N-methyl/N-ethyl adjacent to an activating group) is 1. The maximum Gasteiger partial charge on any atom is 0.254 e. The molecule has 0 aliphatic heterocycles. The highest BCUT2D eigenvalue weighted by Crippen LogP contribution is 2.29. The van der Waals surface area contributed by atoms with Crippen molar-refractivity contribution in [3.8, 4) is 11.5 Å². The van der Waals surface area contributed by atoms with Gasteiger partial charge in [-0.05, 0) is 38.5 Å². The molecule has 2 N–H and O–H groups in total. The van der Waals surface area contributed by atoms with Gasteiger partial charge in [0.25, 0.3) is 5.91 Å². The summed E-state index contributed by atoms with van der Waals surface area (Å²) in [5.74, 6) is 1.20. The summed E-state index contributed by atoms with van der Waals surface area (Å²) < 4.78 is 11.2. The zero-order valence-corrected chi connectivity index (χ0v) is 13.4. The van der Waals surface area contributed by atoms with Crippen molar-refractivity contribution in [2.24, 2.45) is 5.73 Å². The first kappa shape index (κ1) is 17.3. The van der Waals surface area contributed by atoms with E-state index in [2.05, 4.69) is 0 Å². The number of rotatable bonds is 8. The number of hydrogen-bond acceptors (Lipinski definition) is 4. The predicted molar refractivity (Wildman–Crippen MR) is 84.0 cm³/mol. The molecule has 5 nitrogen and oxygen atoms in total. The fourth-order valence-electron chi connectivity index (χ4n) is 1.80. The summed E-state index contributed by atoms with van der Waals surface area (Å²) in [5.41, 5.74) is 6.18. The van der Waals surface area contributed by atoms with Crippen LogP contribution in [0.1, 0.15) is 37.6 Å². The van der Waals surface area contributed by atoms with E-state index in [1.807, 2.05) is 20.8 Å². The van der Waals surface area contributed by atoms with E-state index in [1.54, 1.807) is 30.1 Å². The van der Waals surface area contributed by atoms with Crippen molar-refractivity contribution in [3.63, 3.8) is 0 Å². The molecule has 21 heavy (non-hydrogen) atoms. The Hall–Kier alpha value is -1.75. The van der Waals surface area contributed by atoms with Gasteiger partial charge in [0, 0.05) is 25.2 Å². The summed E-state index contributed by atoms with van der Waals surface area (Å²) in [7, 11) is 1.75. The summed E-state index contributed by atoms with van der Waals surface area (Å²) >= 11 is 0. The fourth-order valence-corrected chi connectivity index (χ4v) is 1.80. The van der Waals surface area contributed by atoms with Crippen molar-refractivity contribution in [2.45, 2.75) is 33.2 Å². The van der Waals surface area contributed by atoms with Crippen LogP contribution >= 0.6 is 0 Å². The fraction of sp³-hybridized carbons (Fsp3) is 0.562. The second kappa shape index (κ2) is 8.52. The summed E-state index contributed by atoms with van der Waals surface area (Å²) in [6.07, 6.45) is 0.920. The van der Waals surface area contributed by atoms with Crippen LogP contribution in [0.2, 0.25) is 0 Å². The lowest BCUT2D eigenvalue weighted by atomic mass is 10.1. The standard InChI is InChI=1S/C16H26N2O3/c1-5-9-21-14-8-7-13(10-15(14)20-6-2)16(19)18(4)12(3)11-17/h7-8,10,12H,5-6,9,11,17H2,1-4H3. The van der Waals surface area contributed by atoms with Crippen LogP contribution in [-0.2, 0) is 0 Å². The van der Waals surface area contributed by atoms with Gasteiger partial charge in [0.2, 0.25) is 0 Å². The minimum absolute atomic E-state index is 0.0101. The minimum Gasteiger partial charge on any atom is -0.490 e. The van der Waals surface area contributed by atoms with Gasteiger partial charge in [-0.25, -0.2) is 0 Å². The van der Waals surface area contributed by atoms with Gasteiger partial charge in [-0.1, -0.05) is 6.92 Å². The molecule has 0 bridgehead atoms. The number of nitrogens with zero attached hydrogens (tertiary/aromatic N) is 1. The van der Waals surface area contributed by atoms with E-state index in [0.717, 1.165) is 6.42 Å². The first-order valence-electron chi connectivity index (χ1n) is 7.41. The number of hydrogen-bond donors (Lipinski definition) is 1. The number of nitrogens with two attached hydrogens (primary N) is 1. The summed E-state index contributed by atoms with van der Waals surface area (Å²) in [6.45, 7) is 7.44. The summed E-state index contributed by atoms with van der Waals surface area (Å²) in [4.78, 5) is 14.0. The second-order valence-corrected chi connectivity index (χ2v) is 4.94. The Morgan fingerprint density at radius 1 is 1.29 bits per heavy atom. The van der Waals surface area contributed by atoms with E-state index >= 15 is 0 Å². The lowest BCUT2D eigenvalue weighted by Crippen LogP contribution is -2.39. The van der Waals surface area contributed by atoms with Crippen LogP contribution in [-0.4, -0.2) is 43.7 Å². The van der Waals surface area contributed by atoms with Crippen LogP contribution < -0.4 is 15.2 Å². The third-order valence-corrected chi connectivity index (χ3v) is 3.27. The SMILES string of the molecule is CCCOc1ccc(C(=O)N(C)C(C)CN)cc1OCC. The Balaban J connectivity index is 2.98. The lowest BCUT2D eigenvalue weighted by Gasteiger charge is -2.24. The maximum atomic E-state index is 12.4. The first-order chi connectivity index (χ1) is 10.0. The van der Waals surface area contributed by atoms with Crippen molar-refractivity contribution < 1.29 is 14.3 Å². The summed E-state index contributed by atoms with van der Waals surface area (Å²) in [6, 6.07) is 5.27. The van der Waals surface area contributed by atoms with E-state index in [9.17, 15) is 4.79 Å². The van der Waals surface area contributed by atoms with Crippen LogP contribution in [0.15, 0.2) is 18.2 Å². The second-order valence-electron chi connectivity index (χ2n) is 4.94. The Bertz CT molecular complexity index is 463. The molecule has 0 fully saturated rings. The van der Waals surface area contributed by atoms with E-state index < -0.39 is 0 Å². The molecule has 0 aromatic heterocycles. The number of amides is 1. The Morgan fingerprint density at radius 2 is 2.00 bits per heavy atom. The largest absolute Gasteiger partial charge is 0.490 e. The lowest BCUT2D eigenvalue weighted by molar-refractivity contribution is 0.0748. The Kier molecular flexibility index (Phi) is 7.02. The molecule has 0 aliphatic carbocycles. The molecule has 0 spiro atoms. The highest BCUT2D eigenvalue weighted by molar-refractivity contribution is 5.95. The molecular weight excluding hydrogens is 268 g/mol. The monoisotopic (exact) mass is 294 g/mol. The Morgan fingerprint density at radius 3 is 2.57 bits per heavy atom. The molecule has 1 amide bonds. The number of benzene rings is 1. The number of carbonyl (C=O) groups is 1. The van der Waals surface area contributed by atoms with E-state index in [1.165, 1.54) is 0 Å². The normalized spacial score (nSPS) is 11.9. The third-order valence-electron chi connectivity index (χ3n) is 3.27. The van der Waals surface area contributed by atoms with Gasteiger partial charge < -0.3 is 20.1 Å². The molecule has 0 saturated heterocycles. The molecule has 1 aromatic carbocycles. The molecule has 0 heterocycles. The topological polar surface area (TPSA) is 64.8 Å². The van der Waals surface area contributed by atoms with E-state index in [4.69, 9.17) is 15.2 Å². The van der Waals surface area contributed by atoms with Crippen LogP contribution in [0.3, 0.4) is 0 Å². The van der Waals surface area contributed by atoms with Crippen molar-refractivity contribution >= 4 is 5.91 Å². The highest BCUT2D eigenvalue weighted by atomic mass is 16.5. The van der Waals surface area contributed by atoms with Gasteiger partial charge in [0.05, 0.1) is 13.2 Å². The smallest absolute Gasteiger partial charge is 0.254 e. The molecule has 1 unspecified atom stereocenters. The van der Waals surface area contributed by atoms with Gasteiger partial charge in [0.15, 0.2) is 11.5 Å². The highest BCUT2D eigenvalue weighted by Gasteiger charge is 2.18. The molecular formula is C16H26N2O3. The molecule has 0 aliphatic rings. The van der Waals surface area contributed by atoms with E-state index in [0.29, 0.717) is 36.8 Å². The molecule has 0 saturated carbocycles. The van der Waals surface area contributed by atoms with Crippen LogP contribution in [0.25, 0.3) is 0 Å². The maximum absolute atomic E-state index is 12.4. The Labute approximate surface area is 127 Å². The van der Waals surface area contributed by atoms with Crippen LogP contribution in [0.4, 0.5) is 0 Å². The molecule has 118 valence electrons. The minimum atomic E-state index is -0.0732. The van der Waals surface area contributed by atoms with Crippen molar-refractivity contribution in [1.82, 2.24) is 4.90 Å². The van der Waals surface area contributed by atoms with Crippen molar-refractivity contribution in [1.29, 1.82) is 0 Å². The molecule has 1 atom stereocenters. The van der Waals surface area contributed by atoms with Crippen LogP contribution in [0, 0.1) is 0 Å². The molecule has 0 radical (unpaired) electrons. The van der Waals surface area contributed by atoms with Gasteiger partial charge in [0.1, 0.15) is 0 Å². The van der Waals surface area contributed by atoms with Gasteiger partial charge in [-0.3, -0.25) is 4.79 Å². The van der Waals surface area contributed by atoms with Crippen LogP contribution in [0.5, 0.6) is 11.5 Å². The van der Waals surface area contributed by atoms with Crippen molar-refractivity contribution in [3.05, 3.63) is 23.8 Å². The average Bonchev–Trinajstić information content (AvgIpc) is 2.51. The first-order valence-corrected chi connectivity index (χ1v) is 7.41.